The minimum atomic E-state index is -1.38. The number of hydrogen-bond donors (Lipinski definition) is 4. The molecule has 32 heavy (non-hydrogen) atoms. The zero-order valence-corrected chi connectivity index (χ0v) is 18.1. The summed E-state index contributed by atoms with van der Waals surface area (Å²) < 4.78 is 5.53. The number of hydrogen-bond acceptors (Lipinski definition) is 5. The van der Waals surface area contributed by atoms with Gasteiger partial charge in [-0.2, -0.15) is 0 Å². The molecule has 0 aromatic heterocycles. The van der Waals surface area contributed by atoms with Gasteiger partial charge in [-0.1, -0.05) is 62.4 Å². The molecule has 2 aromatic carbocycles. The van der Waals surface area contributed by atoms with Crippen molar-refractivity contribution in [3.8, 4) is 11.1 Å². The maximum absolute atomic E-state index is 12.5. The van der Waals surface area contributed by atoms with E-state index < -0.39 is 36.7 Å². The van der Waals surface area contributed by atoms with Gasteiger partial charge in [0.25, 0.3) is 0 Å². The molecule has 8 heteroatoms. The highest BCUT2D eigenvalue weighted by Crippen LogP contribution is 2.44. The average molecular weight is 440 g/mol. The summed E-state index contributed by atoms with van der Waals surface area (Å²) in [7, 11) is 0. The second-order valence-corrected chi connectivity index (χ2v) is 8.17. The fourth-order valence-corrected chi connectivity index (χ4v) is 3.88. The number of aliphatic hydroxyl groups is 1. The summed E-state index contributed by atoms with van der Waals surface area (Å²) >= 11 is 0. The Morgan fingerprint density at radius 3 is 2.03 bits per heavy atom. The number of carbonyl (C=O) groups is 3. The number of rotatable bonds is 9. The highest BCUT2D eigenvalue weighted by Gasteiger charge is 2.30. The second kappa shape index (κ2) is 10.3. The van der Waals surface area contributed by atoms with Gasteiger partial charge in [0.1, 0.15) is 12.6 Å². The lowest BCUT2D eigenvalue weighted by atomic mass is 9.98. The Hall–Kier alpha value is -3.39. The molecule has 170 valence electrons. The van der Waals surface area contributed by atoms with Crippen LogP contribution in [0.5, 0.6) is 0 Å². The van der Waals surface area contributed by atoms with Crippen LogP contribution in [0.3, 0.4) is 0 Å². The standard InChI is InChI=1S/C24H28N2O6/c1-14(2)20(11-22(28)25-21(12-27)23(29)30)26-24(31)32-13-19-17-9-5-3-7-15(17)16-8-4-6-10-18(16)19/h3-10,14,19-21,27H,11-13H2,1-2H3,(H,25,28)(H,26,31)(H,29,30)/t20-,21-/m1/s1. The van der Waals surface area contributed by atoms with Crippen LogP contribution in [0.25, 0.3) is 11.1 Å². The molecule has 0 heterocycles. The van der Waals surface area contributed by atoms with Crippen molar-refractivity contribution in [1.29, 1.82) is 0 Å². The number of nitrogens with one attached hydrogen (secondary N) is 2. The SMILES string of the molecule is CC(C)[C@@H](CC(=O)N[C@H](CO)C(=O)O)NC(=O)OCC1c2ccccc2-c2ccccc21. The van der Waals surface area contributed by atoms with Gasteiger partial charge in [0.15, 0.2) is 0 Å². The quantitative estimate of drug-likeness (QED) is 0.475. The van der Waals surface area contributed by atoms with Crippen LogP contribution in [0, 0.1) is 5.92 Å². The third-order valence-corrected chi connectivity index (χ3v) is 5.67. The molecular weight excluding hydrogens is 412 g/mol. The van der Waals surface area contributed by atoms with Gasteiger partial charge in [-0.15, -0.1) is 0 Å². The topological polar surface area (TPSA) is 125 Å². The molecule has 2 aromatic rings. The lowest BCUT2D eigenvalue weighted by molar-refractivity contribution is -0.143. The summed E-state index contributed by atoms with van der Waals surface area (Å²) in [6.45, 7) is 3.11. The van der Waals surface area contributed by atoms with Gasteiger partial charge in [0.05, 0.1) is 6.61 Å². The molecule has 0 fully saturated rings. The van der Waals surface area contributed by atoms with Crippen LogP contribution < -0.4 is 10.6 Å². The number of carboxylic acids is 1. The van der Waals surface area contributed by atoms with Crippen molar-refractivity contribution in [3.63, 3.8) is 0 Å². The Morgan fingerprint density at radius 1 is 0.969 bits per heavy atom. The maximum atomic E-state index is 12.5. The molecule has 3 rings (SSSR count). The molecule has 2 amide bonds. The Labute approximate surface area is 186 Å². The molecule has 0 bridgehead atoms. The van der Waals surface area contributed by atoms with Gasteiger partial charge in [0.2, 0.25) is 5.91 Å². The van der Waals surface area contributed by atoms with Crippen molar-refractivity contribution in [2.45, 2.75) is 38.3 Å². The first-order valence-electron chi connectivity index (χ1n) is 10.6. The van der Waals surface area contributed by atoms with Crippen molar-refractivity contribution in [3.05, 3.63) is 59.7 Å². The monoisotopic (exact) mass is 440 g/mol. The number of carboxylic acid groups (broad SMARTS) is 1. The number of fused-ring (bicyclic) bond motifs is 3. The first-order chi connectivity index (χ1) is 15.3. The van der Waals surface area contributed by atoms with Crippen LogP contribution in [0.1, 0.15) is 37.3 Å². The predicted molar refractivity (Wildman–Crippen MR) is 118 cm³/mol. The fourth-order valence-electron chi connectivity index (χ4n) is 3.88. The van der Waals surface area contributed by atoms with Gasteiger partial charge in [-0.3, -0.25) is 4.79 Å². The van der Waals surface area contributed by atoms with E-state index in [0.29, 0.717) is 0 Å². The number of alkyl carbamates (subject to hydrolysis) is 1. The third-order valence-electron chi connectivity index (χ3n) is 5.67. The number of aliphatic hydroxyl groups excluding tert-OH is 1. The largest absolute Gasteiger partial charge is 0.480 e. The molecular formula is C24H28N2O6. The third kappa shape index (κ3) is 5.26. The van der Waals surface area contributed by atoms with Gasteiger partial charge in [-0.25, -0.2) is 9.59 Å². The zero-order valence-electron chi connectivity index (χ0n) is 18.1. The molecule has 1 aliphatic rings. The number of benzene rings is 2. The number of ether oxygens (including phenoxy) is 1. The van der Waals surface area contributed by atoms with Crippen molar-refractivity contribution < 1.29 is 29.3 Å². The number of amides is 2. The minimum absolute atomic E-state index is 0.0742. The summed E-state index contributed by atoms with van der Waals surface area (Å²) in [5.41, 5.74) is 4.46. The first-order valence-corrected chi connectivity index (χ1v) is 10.6. The van der Waals surface area contributed by atoms with E-state index in [-0.39, 0.29) is 24.9 Å². The van der Waals surface area contributed by atoms with E-state index in [1.807, 2.05) is 50.2 Å². The lowest BCUT2D eigenvalue weighted by Crippen LogP contribution is -2.47. The molecule has 4 N–H and O–H groups in total. The molecule has 0 saturated carbocycles. The summed E-state index contributed by atoms with van der Waals surface area (Å²) in [6, 6.07) is 14.1. The lowest BCUT2D eigenvalue weighted by Gasteiger charge is -2.23. The van der Waals surface area contributed by atoms with Crippen molar-refractivity contribution in [2.24, 2.45) is 5.92 Å². The van der Waals surface area contributed by atoms with Gasteiger partial charge in [0, 0.05) is 18.4 Å². The van der Waals surface area contributed by atoms with E-state index in [9.17, 15) is 14.4 Å². The van der Waals surface area contributed by atoms with Crippen LogP contribution in [0.15, 0.2) is 48.5 Å². The maximum Gasteiger partial charge on any atom is 0.407 e. The van der Waals surface area contributed by atoms with Crippen LogP contribution in [-0.4, -0.2) is 53.5 Å². The minimum Gasteiger partial charge on any atom is -0.480 e. The summed E-state index contributed by atoms with van der Waals surface area (Å²) in [6.07, 6.45) is -0.777. The first kappa shape index (κ1) is 23.3. The van der Waals surface area contributed by atoms with E-state index in [1.54, 1.807) is 0 Å². The highest BCUT2D eigenvalue weighted by atomic mass is 16.5. The normalized spacial score (nSPS) is 14.2. The van der Waals surface area contributed by atoms with Crippen molar-refractivity contribution in [2.75, 3.05) is 13.2 Å². The smallest absolute Gasteiger partial charge is 0.407 e. The Balaban J connectivity index is 1.61. The Morgan fingerprint density at radius 2 is 1.53 bits per heavy atom. The molecule has 0 radical (unpaired) electrons. The van der Waals surface area contributed by atoms with Crippen LogP contribution in [0.4, 0.5) is 4.79 Å². The van der Waals surface area contributed by atoms with Gasteiger partial charge in [-0.05, 0) is 28.2 Å². The second-order valence-electron chi connectivity index (χ2n) is 8.17. The molecule has 2 atom stereocenters. The molecule has 0 aliphatic heterocycles. The summed E-state index contributed by atoms with van der Waals surface area (Å²) in [5, 5.41) is 23.0. The van der Waals surface area contributed by atoms with Gasteiger partial charge < -0.3 is 25.6 Å². The van der Waals surface area contributed by atoms with E-state index in [2.05, 4.69) is 22.8 Å². The Bertz CT molecular complexity index is 944. The van der Waals surface area contributed by atoms with E-state index in [1.165, 1.54) is 0 Å². The van der Waals surface area contributed by atoms with Crippen molar-refractivity contribution in [1.82, 2.24) is 10.6 Å². The molecule has 0 spiro atoms. The molecule has 8 nitrogen and oxygen atoms in total. The van der Waals surface area contributed by atoms with Crippen LogP contribution in [-0.2, 0) is 14.3 Å². The Kier molecular flexibility index (Phi) is 7.48. The number of aliphatic carboxylic acids is 1. The van der Waals surface area contributed by atoms with E-state index in [0.717, 1.165) is 22.3 Å². The van der Waals surface area contributed by atoms with E-state index in [4.69, 9.17) is 14.9 Å². The summed E-state index contributed by atoms with van der Waals surface area (Å²) in [4.78, 5) is 35.7. The zero-order chi connectivity index (χ0) is 23.3. The molecule has 0 unspecified atom stereocenters. The van der Waals surface area contributed by atoms with Crippen LogP contribution >= 0.6 is 0 Å². The predicted octanol–water partition coefficient (Wildman–Crippen LogP) is 2.50. The van der Waals surface area contributed by atoms with Crippen LogP contribution in [0.2, 0.25) is 0 Å². The van der Waals surface area contributed by atoms with Gasteiger partial charge >= 0.3 is 12.1 Å². The molecule has 1 aliphatic carbocycles. The fraction of sp³-hybridized carbons (Fsp3) is 0.375. The highest BCUT2D eigenvalue weighted by molar-refractivity contribution is 5.84. The number of carbonyl (C=O) groups excluding carboxylic acids is 2. The average Bonchev–Trinajstić information content (AvgIpc) is 3.09. The molecule has 0 saturated heterocycles. The van der Waals surface area contributed by atoms with E-state index >= 15 is 0 Å². The summed E-state index contributed by atoms with van der Waals surface area (Å²) in [5.74, 6) is -2.08. The van der Waals surface area contributed by atoms with Crippen molar-refractivity contribution >= 4 is 18.0 Å².